The molecule has 4 heterocycles. The highest BCUT2D eigenvalue weighted by Crippen LogP contribution is 2.40. The molecule has 0 bridgehead atoms. The smallest absolute Gasteiger partial charge is 0.407 e. The third-order valence-electron chi connectivity index (χ3n) is 13.6. The van der Waals surface area contributed by atoms with E-state index in [1.54, 1.807) is 0 Å². The zero-order valence-corrected chi connectivity index (χ0v) is 34.9. The quantitative estimate of drug-likeness (QED) is 0.0885. The number of amides is 4. The lowest BCUT2D eigenvalue weighted by Crippen LogP contribution is -2.53. The normalized spacial score (nSPS) is 22.7. The van der Waals surface area contributed by atoms with E-state index >= 15 is 0 Å². The van der Waals surface area contributed by atoms with Gasteiger partial charge in [-0.1, -0.05) is 75.2 Å². The number of carboxylic acid groups (broad SMARTS) is 1. The van der Waals surface area contributed by atoms with Crippen molar-refractivity contribution in [3.63, 3.8) is 0 Å². The Hall–Kier alpha value is -6.18. The van der Waals surface area contributed by atoms with Gasteiger partial charge in [0, 0.05) is 18.7 Å². The van der Waals surface area contributed by atoms with E-state index in [9.17, 15) is 24.3 Å². The molecule has 9 rings (SSSR count). The van der Waals surface area contributed by atoms with Crippen molar-refractivity contribution in [3.05, 3.63) is 84.7 Å². The maximum Gasteiger partial charge on any atom is 0.407 e. The Morgan fingerprint density at radius 3 is 1.62 bits per heavy atom. The van der Waals surface area contributed by atoms with Gasteiger partial charge in [0.25, 0.3) is 0 Å². The highest BCUT2D eigenvalue weighted by molar-refractivity contribution is 5.91. The lowest BCUT2D eigenvalue weighted by Gasteiger charge is -2.36. The van der Waals surface area contributed by atoms with Gasteiger partial charge in [-0.05, 0) is 102 Å². The van der Waals surface area contributed by atoms with Crippen molar-refractivity contribution < 1.29 is 29.0 Å². The van der Waals surface area contributed by atoms with Gasteiger partial charge >= 0.3 is 12.2 Å². The van der Waals surface area contributed by atoms with E-state index in [0.29, 0.717) is 24.8 Å². The molecule has 4 fully saturated rings. The lowest BCUT2D eigenvalue weighted by atomic mass is 9.79. The number of benzene rings is 3. The topological polar surface area (TPSA) is 186 Å². The van der Waals surface area contributed by atoms with E-state index in [1.807, 2.05) is 22.2 Å². The first kappa shape index (κ1) is 40.2. The zero-order valence-electron chi connectivity index (χ0n) is 34.9. The lowest BCUT2D eigenvalue weighted by molar-refractivity contribution is -0.137. The Morgan fingerprint density at radius 2 is 1.13 bits per heavy atom. The summed E-state index contributed by atoms with van der Waals surface area (Å²) in [6.07, 6.45) is 9.04. The van der Waals surface area contributed by atoms with Crippen molar-refractivity contribution in [2.75, 3.05) is 20.2 Å². The van der Waals surface area contributed by atoms with E-state index in [0.717, 1.165) is 102 Å². The number of hydrogen-bond donors (Lipinski definition) is 5. The molecule has 2 aliphatic carbocycles. The summed E-state index contributed by atoms with van der Waals surface area (Å²) in [6, 6.07) is 19.4. The SMILES string of the molecule is COC(=O)NC(C(=O)N1C[C@@H](C)C[C@H]1c1ncc(-c2ccc3cc(-c4ccc(-c5cnc([C@@H]6C[C@H](C)CN6C(=O)C(NC(=O)O)C6CCC6)[nH]5)cc4)ccc3c2)[nH]1)C1CCC1. The van der Waals surface area contributed by atoms with Crippen LogP contribution in [0.4, 0.5) is 9.59 Å². The van der Waals surface area contributed by atoms with Gasteiger partial charge in [-0.25, -0.2) is 19.6 Å². The summed E-state index contributed by atoms with van der Waals surface area (Å²) in [4.78, 5) is 71.6. The number of rotatable bonds is 11. The van der Waals surface area contributed by atoms with Gasteiger partial charge in [0.15, 0.2) is 0 Å². The number of carbonyl (C=O) groups is 4. The number of alkyl carbamates (subject to hydrolysis) is 1. The first-order valence-corrected chi connectivity index (χ1v) is 21.7. The number of carbonyl (C=O) groups excluding carboxylic acids is 3. The minimum absolute atomic E-state index is 0.0374. The summed E-state index contributed by atoms with van der Waals surface area (Å²) >= 11 is 0. The largest absolute Gasteiger partial charge is 0.465 e. The number of imidazole rings is 2. The fourth-order valence-corrected chi connectivity index (χ4v) is 9.82. The maximum absolute atomic E-state index is 13.9. The van der Waals surface area contributed by atoms with Crippen molar-refractivity contribution >= 4 is 34.8 Å². The van der Waals surface area contributed by atoms with Crippen LogP contribution in [0.5, 0.6) is 0 Å². The average Bonchev–Trinajstić information content (AvgIpc) is 4.05. The van der Waals surface area contributed by atoms with E-state index in [4.69, 9.17) is 14.7 Å². The Bertz CT molecular complexity index is 2440. The molecule has 4 aliphatic rings. The van der Waals surface area contributed by atoms with Crippen molar-refractivity contribution in [1.82, 2.24) is 40.4 Å². The predicted octanol–water partition coefficient (Wildman–Crippen LogP) is 8.07. The molecule has 2 aromatic heterocycles. The minimum atomic E-state index is -1.17. The van der Waals surface area contributed by atoms with Gasteiger partial charge in [0.05, 0.1) is 43.0 Å². The Kier molecular flexibility index (Phi) is 11.0. The van der Waals surface area contributed by atoms with Gasteiger partial charge in [-0.2, -0.15) is 0 Å². The molecule has 2 saturated carbocycles. The number of ether oxygens (including phenoxy) is 1. The number of likely N-dealkylation sites (tertiary alicyclic amines) is 2. The van der Waals surface area contributed by atoms with Crippen LogP contribution in [0.25, 0.3) is 44.4 Å². The van der Waals surface area contributed by atoms with Gasteiger partial charge in [0.2, 0.25) is 11.8 Å². The molecule has 5 aromatic rings. The van der Waals surface area contributed by atoms with Gasteiger partial charge in [-0.3, -0.25) is 9.59 Å². The molecule has 0 spiro atoms. The second-order valence-electron chi connectivity index (χ2n) is 17.8. The van der Waals surface area contributed by atoms with Gasteiger partial charge < -0.3 is 40.2 Å². The summed E-state index contributed by atoms with van der Waals surface area (Å²) in [7, 11) is 1.32. The number of aromatic nitrogens is 4. The Labute approximate surface area is 354 Å². The molecule has 14 nitrogen and oxygen atoms in total. The summed E-state index contributed by atoms with van der Waals surface area (Å²) in [6.45, 7) is 5.43. The van der Waals surface area contributed by atoms with Crippen LogP contribution in [0.1, 0.15) is 88.9 Å². The first-order valence-electron chi connectivity index (χ1n) is 21.7. The number of nitrogens with one attached hydrogen (secondary N) is 4. The predicted molar refractivity (Wildman–Crippen MR) is 230 cm³/mol. The second-order valence-corrected chi connectivity index (χ2v) is 17.8. The summed E-state index contributed by atoms with van der Waals surface area (Å²) in [5.74, 6) is 1.95. The first-order chi connectivity index (χ1) is 29.5. The third-order valence-corrected chi connectivity index (χ3v) is 13.6. The van der Waals surface area contributed by atoms with Crippen LogP contribution in [0.2, 0.25) is 0 Å². The highest BCUT2D eigenvalue weighted by Gasteiger charge is 2.44. The molecule has 61 heavy (non-hydrogen) atoms. The van der Waals surface area contributed by atoms with Gasteiger partial charge in [-0.15, -0.1) is 0 Å². The van der Waals surface area contributed by atoms with Crippen molar-refractivity contribution in [1.29, 1.82) is 0 Å². The average molecular weight is 827 g/mol. The third kappa shape index (κ3) is 8.07. The number of nitrogens with zero attached hydrogens (tertiary/aromatic N) is 4. The molecule has 5 N–H and O–H groups in total. The standard InChI is InChI=1S/C47H54N8O6/c1-26-18-38(54(24-26)44(56)40(52-46(58)59)30-6-4-7-30)42-48-22-36(50-42)29-12-10-28(11-13-29)32-14-15-34-21-35(17-16-33(34)20-32)37-23-49-43(51-37)39-19-27(2)25-55(39)45(57)41(31-8-5-9-31)53-47(60)61-3/h10-17,20-23,26-27,30-31,38-41,52H,4-9,18-19,24-25H2,1-3H3,(H,48,50)(H,49,51)(H,53,60)(H,58,59)/t26-,27-,38-,39-,40?,41?/m0/s1. The summed E-state index contributed by atoms with van der Waals surface area (Å²) in [5.41, 5.74) is 5.88. The van der Waals surface area contributed by atoms with Crippen LogP contribution in [0, 0.1) is 23.7 Å². The van der Waals surface area contributed by atoms with Crippen molar-refractivity contribution in [2.45, 2.75) is 89.4 Å². The molecule has 2 unspecified atom stereocenters. The zero-order chi connectivity index (χ0) is 42.4. The van der Waals surface area contributed by atoms with E-state index < -0.39 is 24.3 Å². The van der Waals surface area contributed by atoms with Crippen molar-refractivity contribution in [3.8, 4) is 33.6 Å². The molecule has 2 aliphatic heterocycles. The van der Waals surface area contributed by atoms with E-state index in [1.165, 1.54) is 7.11 Å². The fourth-order valence-electron chi connectivity index (χ4n) is 9.82. The Morgan fingerprint density at radius 1 is 0.672 bits per heavy atom. The number of fused-ring (bicyclic) bond motifs is 1. The van der Waals surface area contributed by atoms with Gasteiger partial charge in [0.1, 0.15) is 23.7 Å². The van der Waals surface area contributed by atoms with E-state index in [2.05, 4.69) is 95.1 Å². The molecular weight excluding hydrogens is 773 g/mol. The van der Waals surface area contributed by atoms with Crippen LogP contribution in [-0.2, 0) is 14.3 Å². The second kappa shape index (κ2) is 16.7. The molecule has 14 heteroatoms. The van der Waals surface area contributed by atoms with Crippen molar-refractivity contribution in [2.24, 2.45) is 23.7 Å². The van der Waals surface area contributed by atoms with Crippen LogP contribution in [-0.4, -0.2) is 91.1 Å². The maximum atomic E-state index is 13.9. The molecule has 6 atom stereocenters. The number of methoxy groups -OCH3 is 1. The summed E-state index contributed by atoms with van der Waals surface area (Å²) in [5, 5.41) is 17.0. The fraction of sp³-hybridized carbons (Fsp3) is 0.447. The molecule has 0 radical (unpaired) electrons. The monoisotopic (exact) mass is 826 g/mol. The Balaban J connectivity index is 0.878. The highest BCUT2D eigenvalue weighted by atomic mass is 16.5. The minimum Gasteiger partial charge on any atom is -0.465 e. The van der Waals surface area contributed by atoms with Crippen LogP contribution < -0.4 is 10.6 Å². The molecule has 2 saturated heterocycles. The molecule has 4 amide bonds. The number of aromatic amines is 2. The van der Waals surface area contributed by atoms with Crippen LogP contribution in [0.15, 0.2) is 73.1 Å². The molecule has 3 aromatic carbocycles. The molecular formula is C47H54N8O6. The number of hydrogen-bond acceptors (Lipinski definition) is 7. The summed E-state index contributed by atoms with van der Waals surface area (Å²) < 4.78 is 4.86. The van der Waals surface area contributed by atoms with Crippen LogP contribution in [0.3, 0.4) is 0 Å². The molecule has 318 valence electrons. The number of H-pyrrole nitrogens is 2. The van der Waals surface area contributed by atoms with E-state index in [-0.39, 0.29) is 41.7 Å². The van der Waals surface area contributed by atoms with Crippen LogP contribution >= 0.6 is 0 Å².